The summed E-state index contributed by atoms with van der Waals surface area (Å²) in [6.07, 6.45) is 6.19. The first kappa shape index (κ1) is 24.7. The number of carbonyl (C=O) groups is 1. The molecule has 2 unspecified atom stereocenters. The molecule has 2 fully saturated rings. The van der Waals surface area contributed by atoms with Gasteiger partial charge in [-0.2, -0.15) is 0 Å². The number of hydrogen-bond acceptors (Lipinski definition) is 6. The molecule has 0 spiro atoms. The number of ether oxygens (including phenoxy) is 2. The number of methoxy groups -OCH3 is 2. The summed E-state index contributed by atoms with van der Waals surface area (Å²) in [6, 6.07) is 15.8. The molecule has 0 N–H and O–H groups in total. The molecule has 0 saturated carbocycles. The van der Waals surface area contributed by atoms with Gasteiger partial charge >= 0.3 is 0 Å². The third-order valence-corrected chi connectivity index (χ3v) is 7.89. The second-order valence-corrected chi connectivity index (χ2v) is 10.4. The normalized spacial score (nSPS) is 19.2. The third kappa shape index (κ3) is 4.59. The van der Waals surface area contributed by atoms with Crippen LogP contribution in [-0.4, -0.2) is 69.5 Å². The summed E-state index contributed by atoms with van der Waals surface area (Å²) in [5.41, 5.74) is 3.96. The molecule has 38 heavy (non-hydrogen) atoms. The maximum Gasteiger partial charge on any atom is 0.234 e. The molecule has 196 valence electrons. The van der Waals surface area contributed by atoms with Gasteiger partial charge in [0.2, 0.25) is 11.7 Å². The number of benzene rings is 2. The molecule has 6 rings (SSSR count). The van der Waals surface area contributed by atoms with Crippen molar-refractivity contribution in [3.8, 4) is 22.8 Å². The van der Waals surface area contributed by atoms with Crippen molar-refractivity contribution in [2.45, 2.75) is 37.9 Å². The van der Waals surface area contributed by atoms with Crippen LogP contribution in [0.3, 0.4) is 0 Å². The van der Waals surface area contributed by atoms with E-state index in [0.717, 1.165) is 55.0 Å². The first-order chi connectivity index (χ1) is 18.5. The average Bonchev–Trinajstić information content (AvgIpc) is 3.43. The largest absolute Gasteiger partial charge is 0.493 e. The minimum atomic E-state index is 0.172. The lowest BCUT2D eigenvalue weighted by Gasteiger charge is -2.41. The Morgan fingerprint density at radius 2 is 1.76 bits per heavy atom. The molecule has 2 aliphatic heterocycles. The highest BCUT2D eigenvalue weighted by atomic mass is 35.5. The first-order valence-corrected chi connectivity index (χ1v) is 13.2. The summed E-state index contributed by atoms with van der Waals surface area (Å²) in [5, 5.41) is 0.697. The summed E-state index contributed by atoms with van der Waals surface area (Å²) in [4.78, 5) is 27.4. The topological polar surface area (TPSA) is 72.2 Å². The van der Waals surface area contributed by atoms with Gasteiger partial charge in [0.05, 0.1) is 32.0 Å². The quantitative estimate of drug-likeness (QED) is 0.350. The van der Waals surface area contributed by atoms with E-state index in [1.165, 1.54) is 0 Å². The Bertz CT molecular complexity index is 1460. The maximum atomic E-state index is 13.4. The van der Waals surface area contributed by atoms with Crippen molar-refractivity contribution >= 4 is 23.3 Å². The van der Waals surface area contributed by atoms with Crippen LogP contribution in [-0.2, 0) is 17.8 Å². The number of rotatable bonds is 7. The van der Waals surface area contributed by atoms with Gasteiger partial charge < -0.3 is 14.4 Å². The highest BCUT2D eigenvalue weighted by Crippen LogP contribution is 2.34. The van der Waals surface area contributed by atoms with Gasteiger partial charge in [-0.1, -0.05) is 29.8 Å². The van der Waals surface area contributed by atoms with Gasteiger partial charge in [-0.25, -0.2) is 9.97 Å². The lowest BCUT2D eigenvalue weighted by atomic mass is 10.1. The van der Waals surface area contributed by atoms with Crippen LogP contribution >= 0.6 is 11.6 Å². The Kier molecular flexibility index (Phi) is 6.68. The summed E-state index contributed by atoms with van der Waals surface area (Å²) in [6.45, 7) is 2.40. The Balaban J connectivity index is 1.20. The standard InChI is InChI=1S/C29H30ClN5O3/c1-37-25-11-4-19(14-26(25)38-2)15-27(36)35-22-9-10-23(35)17-33(16-22)18-24-28(20-5-7-21(30)8-6-20)32-29-31-12-3-13-34(24)29/h3-8,11-14,22-23H,9-10,15-18H2,1-2H3. The van der Waals surface area contributed by atoms with Crippen LogP contribution in [0, 0.1) is 0 Å². The van der Waals surface area contributed by atoms with Crippen molar-refractivity contribution in [2.24, 2.45) is 0 Å². The van der Waals surface area contributed by atoms with Crippen LogP contribution in [0.25, 0.3) is 17.0 Å². The molecule has 2 atom stereocenters. The predicted octanol–water partition coefficient (Wildman–Crippen LogP) is 4.48. The van der Waals surface area contributed by atoms with E-state index >= 15 is 0 Å². The monoisotopic (exact) mass is 531 g/mol. The highest BCUT2D eigenvalue weighted by Gasteiger charge is 2.42. The molecular weight excluding hydrogens is 502 g/mol. The van der Waals surface area contributed by atoms with E-state index in [4.69, 9.17) is 26.1 Å². The Labute approximate surface area is 226 Å². The minimum Gasteiger partial charge on any atom is -0.493 e. The van der Waals surface area contributed by atoms with Crippen LogP contribution < -0.4 is 9.47 Å². The fourth-order valence-corrected chi connectivity index (χ4v) is 6.05. The molecule has 0 aliphatic carbocycles. The number of nitrogens with zero attached hydrogens (tertiary/aromatic N) is 5. The number of imidazole rings is 1. The Morgan fingerprint density at radius 3 is 2.47 bits per heavy atom. The zero-order chi connectivity index (χ0) is 26.2. The van der Waals surface area contributed by atoms with Gasteiger partial charge in [0.1, 0.15) is 0 Å². The molecule has 2 aliphatic rings. The SMILES string of the molecule is COc1ccc(CC(=O)N2C3CCC2CN(Cc2c(-c4ccc(Cl)cc4)nc4ncccn24)C3)cc1OC. The van der Waals surface area contributed by atoms with Gasteiger partial charge in [0.25, 0.3) is 0 Å². The van der Waals surface area contributed by atoms with Gasteiger partial charge in [0.15, 0.2) is 11.5 Å². The fraction of sp³-hybridized carbons (Fsp3) is 0.345. The van der Waals surface area contributed by atoms with E-state index in [0.29, 0.717) is 28.7 Å². The molecule has 8 nitrogen and oxygen atoms in total. The molecule has 2 bridgehead atoms. The van der Waals surface area contributed by atoms with Crippen molar-refractivity contribution in [3.05, 3.63) is 77.2 Å². The number of piperazine rings is 1. The number of aromatic nitrogens is 3. The van der Waals surface area contributed by atoms with Gasteiger partial charge in [0, 0.05) is 54.7 Å². The van der Waals surface area contributed by atoms with E-state index < -0.39 is 0 Å². The number of amides is 1. The van der Waals surface area contributed by atoms with E-state index in [-0.39, 0.29) is 18.0 Å². The molecule has 1 amide bonds. The van der Waals surface area contributed by atoms with Gasteiger partial charge in [-0.05, 0) is 48.7 Å². The van der Waals surface area contributed by atoms with Crippen LogP contribution in [0.2, 0.25) is 5.02 Å². The molecule has 0 radical (unpaired) electrons. The van der Waals surface area contributed by atoms with Crippen molar-refractivity contribution in [1.29, 1.82) is 0 Å². The van der Waals surface area contributed by atoms with E-state index in [9.17, 15) is 4.79 Å². The van der Waals surface area contributed by atoms with Crippen molar-refractivity contribution in [3.63, 3.8) is 0 Å². The summed E-state index contributed by atoms with van der Waals surface area (Å²) in [5.74, 6) is 2.16. The number of likely N-dealkylation sites (tertiary alicyclic amines) is 1. The van der Waals surface area contributed by atoms with Crippen molar-refractivity contribution in [2.75, 3.05) is 27.3 Å². The fourth-order valence-electron chi connectivity index (χ4n) is 5.92. The van der Waals surface area contributed by atoms with Crippen molar-refractivity contribution < 1.29 is 14.3 Å². The second kappa shape index (κ2) is 10.3. The zero-order valence-electron chi connectivity index (χ0n) is 21.5. The van der Waals surface area contributed by atoms with Crippen LogP contribution in [0.1, 0.15) is 24.1 Å². The molecule has 9 heteroatoms. The second-order valence-electron chi connectivity index (χ2n) is 9.95. The Hall–Kier alpha value is -3.62. The van der Waals surface area contributed by atoms with Crippen LogP contribution in [0.15, 0.2) is 60.9 Å². The predicted molar refractivity (Wildman–Crippen MR) is 146 cm³/mol. The summed E-state index contributed by atoms with van der Waals surface area (Å²) in [7, 11) is 3.22. The molecule has 4 heterocycles. The van der Waals surface area contributed by atoms with E-state index in [2.05, 4.69) is 19.2 Å². The lowest BCUT2D eigenvalue weighted by Crippen LogP contribution is -2.55. The highest BCUT2D eigenvalue weighted by molar-refractivity contribution is 6.30. The molecule has 2 saturated heterocycles. The number of hydrogen-bond donors (Lipinski definition) is 0. The third-order valence-electron chi connectivity index (χ3n) is 7.64. The number of carbonyl (C=O) groups excluding carboxylic acids is 1. The molecule has 2 aromatic carbocycles. The summed E-state index contributed by atoms with van der Waals surface area (Å²) >= 11 is 6.14. The number of halogens is 1. The van der Waals surface area contributed by atoms with Gasteiger partial charge in [-0.15, -0.1) is 0 Å². The van der Waals surface area contributed by atoms with Crippen LogP contribution in [0.5, 0.6) is 11.5 Å². The smallest absolute Gasteiger partial charge is 0.234 e. The number of fused-ring (bicyclic) bond motifs is 3. The zero-order valence-corrected chi connectivity index (χ0v) is 22.3. The van der Waals surface area contributed by atoms with E-state index in [1.54, 1.807) is 20.4 Å². The Morgan fingerprint density at radius 1 is 1.03 bits per heavy atom. The average molecular weight is 532 g/mol. The van der Waals surface area contributed by atoms with Crippen molar-refractivity contribution in [1.82, 2.24) is 24.2 Å². The van der Waals surface area contributed by atoms with Crippen LogP contribution in [0.4, 0.5) is 0 Å². The minimum absolute atomic E-state index is 0.172. The molecule has 2 aromatic heterocycles. The van der Waals surface area contributed by atoms with E-state index in [1.807, 2.05) is 54.7 Å². The summed E-state index contributed by atoms with van der Waals surface area (Å²) < 4.78 is 12.8. The van der Waals surface area contributed by atoms with Gasteiger partial charge in [-0.3, -0.25) is 14.1 Å². The maximum absolute atomic E-state index is 13.4. The first-order valence-electron chi connectivity index (χ1n) is 12.9. The molecule has 4 aromatic rings. The lowest BCUT2D eigenvalue weighted by molar-refractivity contribution is -0.136. The molecular formula is C29H30ClN5O3.